The lowest BCUT2D eigenvalue weighted by molar-refractivity contribution is 0.0790. The van der Waals surface area contributed by atoms with Gasteiger partial charge in [0.05, 0.1) is 24.9 Å². The molecule has 0 aliphatic heterocycles. The zero-order valence-corrected chi connectivity index (χ0v) is 17.5. The van der Waals surface area contributed by atoms with Crippen molar-refractivity contribution >= 4 is 19.8 Å². The molecule has 148 valence electrons. The number of hydrogen-bond acceptors (Lipinski definition) is 5. The highest BCUT2D eigenvalue weighted by Crippen LogP contribution is 2.48. The van der Waals surface area contributed by atoms with Crippen LogP contribution in [0.2, 0.25) is 0 Å². The monoisotopic (exact) mass is 385 g/mol. The number of unbranched alkanes of at least 4 members (excludes halogenated alkanes) is 1. The second-order valence-corrected chi connectivity index (χ2v) is 7.49. The predicted octanol–water partition coefficient (Wildman–Crippen LogP) is 4.64. The molecule has 0 fully saturated rings. The first-order valence-electron chi connectivity index (χ1n) is 9.15. The summed E-state index contributed by atoms with van der Waals surface area (Å²) < 4.78 is 22.8. The molecule has 0 N–H and O–H groups in total. The van der Waals surface area contributed by atoms with Crippen LogP contribution in [-0.2, 0) is 13.6 Å². The van der Waals surface area contributed by atoms with Gasteiger partial charge in [0.1, 0.15) is 0 Å². The van der Waals surface area contributed by atoms with Gasteiger partial charge in [-0.3, -0.25) is 14.2 Å². The topological polar surface area (TPSA) is 72.9 Å². The van der Waals surface area contributed by atoms with Crippen molar-refractivity contribution in [3.8, 4) is 0 Å². The van der Waals surface area contributed by atoms with Gasteiger partial charge in [0.25, 0.3) is 5.91 Å². The molecule has 0 atom stereocenters. The van der Waals surface area contributed by atoms with Gasteiger partial charge in [-0.15, -0.1) is 0 Å². The smallest absolute Gasteiger partial charge is 0.330 e. The second-order valence-electron chi connectivity index (χ2n) is 5.31. The SMILES string of the molecule is CC.CCOP(=O)(CCCCN(C)C(=O)c1ccccc1C=O)OCC. The fourth-order valence-electron chi connectivity index (χ4n) is 2.32. The van der Waals surface area contributed by atoms with Crippen molar-refractivity contribution in [2.75, 3.05) is 33.0 Å². The summed E-state index contributed by atoms with van der Waals surface area (Å²) in [5.41, 5.74) is 0.774. The summed E-state index contributed by atoms with van der Waals surface area (Å²) in [6.45, 7) is 8.76. The third kappa shape index (κ3) is 8.26. The molecule has 0 aliphatic rings. The highest BCUT2D eigenvalue weighted by atomic mass is 31.2. The van der Waals surface area contributed by atoms with Crippen molar-refractivity contribution < 1.29 is 23.2 Å². The summed E-state index contributed by atoms with van der Waals surface area (Å²) in [7, 11) is -1.33. The van der Waals surface area contributed by atoms with E-state index in [1.54, 1.807) is 50.1 Å². The standard InChI is InChI=1S/C17H26NO5P.C2H6/c1-4-22-24(21,23-5-2)13-9-8-12-18(3)17(20)16-11-7-6-10-15(16)14-19;1-2/h6-7,10-11,14H,4-5,8-9,12-13H2,1-3H3;1-2H3. The number of benzene rings is 1. The Bertz CT molecular complexity index is 581. The van der Waals surface area contributed by atoms with Crippen LogP contribution in [0.25, 0.3) is 0 Å². The molecule has 0 saturated carbocycles. The summed E-state index contributed by atoms with van der Waals surface area (Å²) in [6.07, 6.45) is 2.32. The Balaban J connectivity index is 0.00000301. The third-order valence-corrected chi connectivity index (χ3v) is 5.66. The van der Waals surface area contributed by atoms with E-state index in [0.29, 0.717) is 56.2 Å². The van der Waals surface area contributed by atoms with Gasteiger partial charge >= 0.3 is 7.60 Å². The minimum Gasteiger partial charge on any atom is -0.342 e. The van der Waals surface area contributed by atoms with E-state index in [4.69, 9.17) is 9.05 Å². The Morgan fingerprint density at radius 1 is 1.12 bits per heavy atom. The van der Waals surface area contributed by atoms with Crippen LogP contribution in [0.4, 0.5) is 0 Å². The summed E-state index contributed by atoms with van der Waals surface area (Å²) in [5, 5.41) is 0. The number of nitrogens with zero attached hydrogens (tertiary/aromatic N) is 1. The molecule has 1 aromatic carbocycles. The number of hydrogen-bond donors (Lipinski definition) is 0. The molecule has 0 unspecified atom stereocenters. The minimum atomic E-state index is -3.02. The molecular formula is C19H32NO5P. The zero-order valence-electron chi connectivity index (χ0n) is 16.6. The maximum absolute atomic E-state index is 12.4. The highest BCUT2D eigenvalue weighted by molar-refractivity contribution is 7.53. The minimum absolute atomic E-state index is 0.199. The summed E-state index contributed by atoms with van der Waals surface area (Å²) >= 11 is 0. The predicted molar refractivity (Wildman–Crippen MR) is 105 cm³/mol. The summed E-state index contributed by atoms with van der Waals surface area (Å²) in [5.74, 6) is -0.199. The Morgan fingerprint density at radius 3 is 2.23 bits per heavy atom. The van der Waals surface area contributed by atoms with Crippen LogP contribution in [-0.4, -0.2) is 50.1 Å². The van der Waals surface area contributed by atoms with Gasteiger partial charge in [-0.2, -0.15) is 0 Å². The molecule has 0 aromatic heterocycles. The van der Waals surface area contributed by atoms with E-state index in [1.165, 1.54) is 0 Å². The third-order valence-electron chi connectivity index (χ3n) is 3.49. The first kappa shape index (κ1) is 24.5. The summed E-state index contributed by atoms with van der Waals surface area (Å²) in [6, 6.07) is 6.71. The fraction of sp³-hybridized carbons (Fsp3) is 0.579. The fourth-order valence-corrected chi connectivity index (χ4v) is 4.05. The van der Waals surface area contributed by atoms with Gasteiger partial charge in [0, 0.05) is 19.2 Å². The molecule has 1 aromatic rings. The van der Waals surface area contributed by atoms with Crippen LogP contribution in [0.5, 0.6) is 0 Å². The van der Waals surface area contributed by atoms with Crippen LogP contribution >= 0.6 is 7.60 Å². The average molecular weight is 385 g/mol. The van der Waals surface area contributed by atoms with E-state index in [2.05, 4.69) is 0 Å². The molecule has 0 heterocycles. The van der Waals surface area contributed by atoms with Gasteiger partial charge in [-0.05, 0) is 32.8 Å². The summed E-state index contributed by atoms with van der Waals surface area (Å²) in [4.78, 5) is 25.0. The van der Waals surface area contributed by atoms with Gasteiger partial charge in [0.15, 0.2) is 6.29 Å². The van der Waals surface area contributed by atoms with E-state index < -0.39 is 7.60 Å². The maximum Gasteiger partial charge on any atom is 0.330 e. The Labute approximate surface area is 157 Å². The molecule has 1 amide bonds. The molecule has 0 bridgehead atoms. The quantitative estimate of drug-likeness (QED) is 0.315. The Hall–Kier alpha value is -1.49. The number of rotatable bonds is 11. The van der Waals surface area contributed by atoms with E-state index in [0.717, 1.165) is 0 Å². The van der Waals surface area contributed by atoms with Crippen LogP contribution in [0.1, 0.15) is 61.3 Å². The van der Waals surface area contributed by atoms with Crippen LogP contribution in [0.15, 0.2) is 24.3 Å². The molecule has 0 aliphatic carbocycles. The first-order valence-corrected chi connectivity index (χ1v) is 10.9. The largest absolute Gasteiger partial charge is 0.342 e. The van der Waals surface area contributed by atoms with Crippen molar-refractivity contribution in [2.24, 2.45) is 0 Å². The van der Waals surface area contributed by atoms with Gasteiger partial charge in [-0.25, -0.2) is 0 Å². The lowest BCUT2D eigenvalue weighted by atomic mass is 10.1. The molecule has 0 saturated heterocycles. The van der Waals surface area contributed by atoms with Crippen molar-refractivity contribution in [1.82, 2.24) is 4.90 Å². The Morgan fingerprint density at radius 2 is 1.69 bits per heavy atom. The van der Waals surface area contributed by atoms with Crippen molar-refractivity contribution in [2.45, 2.75) is 40.5 Å². The van der Waals surface area contributed by atoms with Gasteiger partial charge in [0.2, 0.25) is 0 Å². The Kier molecular flexibility index (Phi) is 12.9. The van der Waals surface area contributed by atoms with E-state index in [9.17, 15) is 14.2 Å². The lowest BCUT2D eigenvalue weighted by Gasteiger charge is -2.19. The number of amides is 1. The first-order chi connectivity index (χ1) is 12.5. The zero-order chi connectivity index (χ0) is 20.0. The average Bonchev–Trinajstić information content (AvgIpc) is 2.66. The number of aldehydes is 1. The van der Waals surface area contributed by atoms with Crippen LogP contribution < -0.4 is 0 Å². The molecular weight excluding hydrogens is 353 g/mol. The molecule has 0 radical (unpaired) electrons. The van der Waals surface area contributed by atoms with Crippen LogP contribution in [0, 0.1) is 0 Å². The normalized spacial score (nSPS) is 10.7. The van der Waals surface area contributed by atoms with E-state index in [1.807, 2.05) is 13.8 Å². The second kappa shape index (κ2) is 13.7. The number of carbonyl (C=O) groups excluding carboxylic acids is 2. The van der Waals surface area contributed by atoms with E-state index >= 15 is 0 Å². The lowest BCUT2D eigenvalue weighted by Crippen LogP contribution is -2.28. The molecule has 1 rings (SSSR count). The molecule has 0 spiro atoms. The molecule has 7 heteroatoms. The van der Waals surface area contributed by atoms with Crippen LogP contribution in [0.3, 0.4) is 0 Å². The van der Waals surface area contributed by atoms with Gasteiger partial charge in [-0.1, -0.05) is 32.0 Å². The van der Waals surface area contributed by atoms with Crippen molar-refractivity contribution in [1.29, 1.82) is 0 Å². The maximum atomic E-state index is 12.4. The highest BCUT2D eigenvalue weighted by Gasteiger charge is 2.23. The molecule has 6 nitrogen and oxygen atoms in total. The van der Waals surface area contributed by atoms with E-state index in [-0.39, 0.29) is 5.91 Å². The van der Waals surface area contributed by atoms with Crippen molar-refractivity contribution in [3.63, 3.8) is 0 Å². The molecule has 26 heavy (non-hydrogen) atoms. The van der Waals surface area contributed by atoms with Gasteiger partial charge < -0.3 is 13.9 Å². The number of carbonyl (C=O) groups is 2. The van der Waals surface area contributed by atoms with Crippen molar-refractivity contribution in [3.05, 3.63) is 35.4 Å².